The molecule has 0 radical (unpaired) electrons. The maximum atomic E-state index is 11.9. The minimum Gasteiger partial charge on any atom is -0.303 e. The Hall–Kier alpha value is -0.310. The predicted octanol–water partition coefficient (Wildman–Crippen LogP) is 1.98. The van der Waals surface area contributed by atoms with Gasteiger partial charge in [0.25, 0.3) is 5.60 Å². The van der Waals surface area contributed by atoms with Gasteiger partial charge in [-0.15, -0.1) is 0 Å². The van der Waals surface area contributed by atoms with Crippen LogP contribution in [0.3, 0.4) is 0 Å². The third kappa shape index (κ3) is 3.33. The first-order chi connectivity index (χ1) is 6.21. The molecule has 0 aliphatic rings. The average molecular weight is 262 g/mol. The highest BCUT2D eigenvalue weighted by atomic mass is 31.2. The molecule has 0 aliphatic heterocycles. The number of halogens is 6. The van der Waals surface area contributed by atoms with E-state index in [0.29, 0.717) is 0 Å². The van der Waals surface area contributed by atoms with Crippen molar-refractivity contribution in [3.8, 4) is 0 Å². The summed E-state index contributed by atoms with van der Waals surface area (Å²) >= 11 is 0. The monoisotopic (exact) mass is 262 g/mol. The van der Waals surface area contributed by atoms with Crippen molar-refractivity contribution in [1.29, 1.82) is 0 Å². The quantitative estimate of drug-likeness (QED) is 0.589. The van der Waals surface area contributed by atoms with E-state index >= 15 is 0 Å². The summed E-state index contributed by atoms with van der Waals surface area (Å²) in [6.45, 7) is -0.508. The molecule has 0 bridgehead atoms. The fourth-order valence-corrected chi connectivity index (χ4v) is 1.18. The number of alkyl halides is 6. The normalized spacial score (nSPS) is 15.5. The lowest BCUT2D eigenvalue weighted by atomic mass is 10.1. The van der Waals surface area contributed by atoms with Crippen molar-refractivity contribution >= 4 is 7.82 Å². The Kier molecular flexibility index (Phi) is 3.54. The molecule has 0 saturated carbocycles. The Bertz CT molecular complexity index is 262. The molecule has 2 N–H and O–H groups in total. The maximum absolute atomic E-state index is 11.9. The molecule has 0 amide bonds. The zero-order valence-corrected chi connectivity index (χ0v) is 7.82. The molecule has 0 rings (SSSR count). The molecule has 92 valence electrons. The maximum Gasteiger partial charge on any atom is 0.470 e. The molecule has 0 aromatic heterocycles. The lowest BCUT2D eigenvalue weighted by Gasteiger charge is -2.33. The van der Waals surface area contributed by atoms with E-state index in [4.69, 9.17) is 9.79 Å². The molecule has 11 heteroatoms. The Morgan fingerprint density at radius 2 is 1.27 bits per heavy atom. The van der Waals surface area contributed by atoms with E-state index in [0.717, 1.165) is 0 Å². The summed E-state index contributed by atoms with van der Waals surface area (Å²) in [7, 11) is -5.92. The van der Waals surface area contributed by atoms with Crippen LogP contribution in [0.15, 0.2) is 0 Å². The summed E-state index contributed by atoms with van der Waals surface area (Å²) < 4.78 is 84.4. The molecular formula is C4H5F6O4P. The molecule has 0 fully saturated rings. The highest BCUT2D eigenvalue weighted by Gasteiger charge is 2.71. The summed E-state index contributed by atoms with van der Waals surface area (Å²) in [4.78, 5) is 15.9. The van der Waals surface area contributed by atoms with Gasteiger partial charge < -0.3 is 9.79 Å². The van der Waals surface area contributed by atoms with Gasteiger partial charge >= 0.3 is 20.2 Å². The van der Waals surface area contributed by atoms with E-state index in [9.17, 15) is 30.9 Å². The number of hydrogen-bond donors (Lipinski definition) is 2. The molecule has 15 heavy (non-hydrogen) atoms. The molecule has 0 unspecified atom stereocenters. The van der Waals surface area contributed by atoms with Crippen LogP contribution in [0.2, 0.25) is 0 Å². The summed E-state index contributed by atoms with van der Waals surface area (Å²) in [5.41, 5.74) is -4.90. The predicted molar refractivity (Wildman–Crippen MR) is 33.6 cm³/mol. The van der Waals surface area contributed by atoms with Gasteiger partial charge in [0.15, 0.2) is 0 Å². The Morgan fingerprint density at radius 3 is 1.33 bits per heavy atom. The molecule has 0 aromatic carbocycles. The van der Waals surface area contributed by atoms with Crippen LogP contribution < -0.4 is 0 Å². The van der Waals surface area contributed by atoms with E-state index in [1.807, 2.05) is 0 Å². The smallest absolute Gasteiger partial charge is 0.303 e. The molecule has 4 nitrogen and oxygen atoms in total. The first-order valence-electron chi connectivity index (χ1n) is 3.10. The van der Waals surface area contributed by atoms with Crippen LogP contribution in [0.25, 0.3) is 0 Å². The summed E-state index contributed by atoms with van der Waals surface area (Å²) in [6, 6.07) is 0. The van der Waals surface area contributed by atoms with Gasteiger partial charge in [0.1, 0.15) is 0 Å². The second-order valence-corrected chi connectivity index (χ2v) is 3.77. The lowest BCUT2D eigenvalue weighted by molar-refractivity contribution is -0.353. The van der Waals surface area contributed by atoms with E-state index in [1.165, 1.54) is 0 Å². The van der Waals surface area contributed by atoms with Gasteiger partial charge in [-0.3, -0.25) is 4.52 Å². The minimum atomic E-state index is -5.99. The lowest BCUT2D eigenvalue weighted by Crippen LogP contribution is -2.55. The van der Waals surface area contributed by atoms with Gasteiger partial charge in [-0.2, -0.15) is 26.3 Å². The van der Waals surface area contributed by atoms with Crippen molar-refractivity contribution in [3.63, 3.8) is 0 Å². The molecular weight excluding hydrogens is 257 g/mol. The summed E-state index contributed by atoms with van der Waals surface area (Å²) in [5.74, 6) is 0. The van der Waals surface area contributed by atoms with Crippen LogP contribution in [0.5, 0.6) is 0 Å². The van der Waals surface area contributed by atoms with Crippen molar-refractivity contribution in [2.75, 3.05) is 0 Å². The van der Waals surface area contributed by atoms with Crippen molar-refractivity contribution in [2.24, 2.45) is 0 Å². The highest BCUT2D eigenvalue weighted by Crippen LogP contribution is 2.53. The topological polar surface area (TPSA) is 66.8 Å². The van der Waals surface area contributed by atoms with Crippen LogP contribution in [-0.4, -0.2) is 27.7 Å². The number of phosphoric ester groups is 1. The van der Waals surface area contributed by atoms with Crippen LogP contribution in [-0.2, 0) is 9.09 Å². The Morgan fingerprint density at radius 1 is 1.00 bits per heavy atom. The first-order valence-corrected chi connectivity index (χ1v) is 4.63. The van der Waals surface area contributed by atoms with E-state index in [1.54, 1.807) is 0 Å². The number of rotatable bonds is 2. The second kappa shape index (κ2) is 3.62. The molecule has 0 spiro atoms. The van der Waals surface area contributed by atoms with Gasteiger partial charge in [0.2, 0.25) is 0 Å². The van der Waals surface area contributed by atoms with Gasteiger partial charge in [0, 0.05) is 0 Å². The molecule has 0 heterocycles. The van der Waals surface area contributed by atoms with E-state index < -0.39 is 32.7 Å². The van der Waals surface area contributed by atoms with Crippen LogP contribution in [0.1, 0.15) is 6.92 Å². The minimum absolute atomic E-state index is 0.508. The van der Waals surface area contributed by atoms with Crippen molar-refractivity contribution in [3.05, 3.63) is 0 Å². The first kappa shape index (κ1) is 14.7. The van der Waals surface area contributed by atoms with Gasteiger partial charge in [-0.25, -0.2) is 4.57 Å². The van der Waals surface area contributed by atoms with Crippen molar-refractivity contribution in [2.45, 2.75) is 24.9 Å². The van der Waals surface area contributed by atoms with Crippen molar-refractivity contribution < 1.29 is 45.2 Å². The van der Waals surface area contributed by atoms with Gasteiger partial charge in [-0.1, -0.05) is 0 Å². The van der Waals surface area contributed by atoms with Crippen LogP contribution in [0, 0.1) is 0 Å². The third-order valence-electron chi connectivity index (χ3n) is 1.38. The highest BCUT2D eigenvalue weighted by molar-refractivity contribution is 7.46. The van der Waals surface area contributed by atoms with Gasteiger partial charge in [0.05, 0.1) is 0 Å². The standard InChI is InChI=1S/C4H5F6O4P/c1-2(3(5,6)7,4(8,9)10)14-15(11,12)13/h1H3,(H2,11,12,13). The second-order valence-electron chi connectivity index (χ2n) is 2.61. The summed E-state index contributed by atoms with van der Waals surface area (Å²) in [5, 5.41) is 0. The summed E-state index contributed by atoms with van der Waals surface area (Å²) in [6.07, 6.45) is -12.0. The number of phosphoric acid groups is 1. The Labute approximate surface area is 79.1 Å². The van der Waals surface area contributed by atoms with Crippen LogP contribution in [0.4, 0.5) is 26.3 Å². The Balaban J connectivity index is 5.35. The molecule has 0 saturated heterocycles. The SMILES string of the molecule is CC(OP(=O)(O)O)(C(F)(F)F)C(F)(F)F. The fourth-order valence-electron chi connectivity index (χ4n) is 0.502. The fraction of sp³-hybridized carbons (Fsp3) is 1.00. The molecule has 0 atom stereocenters. The zero-order valence-electron chi connectivity index (χ0n) is 6.93. The molecule has 0 aromatic rings. The largest absolute Gasteiger partial charge is 0.470 e. The van der Waals surface area contributed by atoms with Crippen molar-refractivity contribution in [1.82, 2.24) is 0 Å². The van der Waals surface area contributed by atoms with Crippen LogP contribution >= 0.6 is 7.82 Å². The van der Waals surface area contributed by atoms with E-state index in [-0.39, 0.29) is 0 Å². The van der Waals surface area contributed by atoms with E-state index in [2.05, 4.69) is 4.52 Å². The third-order valence-corrected chi connectivity index (χ3v) is 1.99. The van der Waals surface area contributed by atoms with Gasteiger partial charge in [-0.05, 0) is 6.92 Å². The molecule has 0 aliphatic carbocycles. The zero-order chi connectivity index (χ0) is 12.7. The average Bonchev–Trinajstić information content (AvgIpc) is 1.77. The number of hydrogen-bond acceptors (Lipinski definition) is 2.